The second kappa shape index (κ2) is 6.01. The molecule has 0 spiro atoms. The van der Waals surface area contributed by atoms with Gasteiger partial charge < -0.3 is 14.7 Å². The van der Waals surface area contributed by atoms with Crippen molar-refractivity contribution in [1.82, 2.24) is 20.4 Å². The predicted molar refractivity (Wildman–Crippen MR) is 72.9 cm³/mol. The predicted octanol–water partition coefficient (Wildman–Crippen LogP) is 1.91. The Morgan fingerprint density at radius 1 is 1.32 bits per heavy atom. The minimum absolute atomic E-state index is 0.311. The first-order chi connectivity index (χ1) is 9.36. The number of nitrogens with zero attached hydrogens (tertiary/aromatic N) is 3. The second-order valence-electron chi connectivity index (χ2n) is 5.68. The maximum atomic E-state index is 5.44. The molecule has 0 bridgehead atoms. The SMILES string of the molecule is CCN1CCCCC1Cc1nc(C2CCCN2)no1. The van der Waals surface area contributed by atoms with E-state index in [0.29, 0.717) is 12.1 Å². The summed E-state index contributed by atoms with van der Waals surface area (Å²) >= 11 is 0. The first kappa shape index (κ1) is 13.1. The van der Waals surface area contributed by atoms with Gasteiger partial charge in [0.15, 0.2) is 5.82 Å². The van der Waals surface area contributed by atoms with E-state index >= 15 is 0 Å². The van der Waals surface area contributed by atoms with Crippen molar-refractivity contribution in [2.45, 2.75) is 57.5 Å². The monoisotopic (exact) mass is 264 g/mol. The molecule has 106 valence electrons. The quantitative estimate of drug-likeness (QED) is 0.900. The van der Waals surface area contributed by atoms with E-state index < -0.39 is 0 Å². The fourth-order valence-electron chi connectivity index (χ4n) is 3.31. The number of rotatable bonds is 4. The van der Waals surface area contributed by atoms with Crippen molar-refractivity contribution in [1.29, 1.82) is 0 Å². The van der Waals surface area contributed by atoms with Gasteiger partial charge in [-0.05, 0) is 45.3 Å². The van der Waals surface area contributed by atoms with Crippen LogP contribution in [0.5, 0.6) is 0 Å². The van der Waals surface area contributed by atoms with Gasteiger partial charge in [-0.1, -0.05) is 18.5 Å². The Kier molecular flexibility index (Phi) is 4.13. The molecule has 2 unspecified atom stereocenters. The molecule has 3 rings (SSSR count). The molecule has 2 aliphatic rings. The summed E-state index contributed by atoms with van der Waals surface area (Å²) in [5.74, 6) is 1.67. The number of nitrogens with one attached hydrogen (secondary N) is 1. The molecular formula is C14H24N4O. The molecule has 5 nitrogen and oxygen atoms in total. The summed E-state index contributed by atoms with van der Waals surface area (Å²) in [5, 5.41) is 7.56. The van der Waals surface area contributed by atoms with Gasteiger partial charge in [-0.25, -0.2) is 0 Å². The lowest BCUT2D eigenvalue weighted by Gasteiger charge is -2.33. The third kappa shape index (κ3) is 2.98. The van der Waals surface area contributed by atoms with E-state index in [4.69, 9.17) is 4.52 Å². The van der Waals surface area contributed by atoms with Crippen LogP contribution >= 0.6 is 0 Å². The lowest BCUT2D eigenvalue weighted by molar-refractivity contribution is 0.146. The van der Waals surface area contributed by atoms with Crippen LogP contribution in [0.4, 0.5) is 0 Å². The maximum absolute atomic E-state index is 5.44. The largest absolute Gasteiger partial charge is 0.339 e. The van der Waals surface area contributed by atoms with E-state index in [0.717, 1.165) is 37.6 Å². The zero-order valence-electron chi connectivity index (χ0n) is 11.8. The minimum atomic E-state index is 0.311. The van der Waals surface area contributed by atoms with E-state index in [1.165, 1.54) is 32.2 Å². The van der Waals surface area contributed by atoms with Crippen molar-refractivity contribution in [3.05, 3.63) is 11.7 Å². The minimum Gasteiger partial charge on any atom is -0.339 e. The van der Waals surface area contributed by atoms with Crippen molar-refractivity contribution in [2.24, 2.45) is 0 Å². The molecule has 0 aliphatic carbocycles. The van der Waals surface area contributed by atoms with Gasteiger partial charge >= 0.3 is 0 Å². The number of piperidine rings is 1. The van der Waals surface area contributed by atoms with Gasteiger partial charge in [0.05, 0.1) is 6.04 Å². The first-order valence-corrected chi connectivity index (χ1v) is 7.66. The Bertz CT molecular complexity index is 400. The van der Waals surface area contributed by atoms with Crippen LogP contribution in [0.3, 0.4) is 0 Å². The number of hydrogen-bond donors (Lipinski definition) is 1. The van der Waals surface area contributed by atoms with Crippen LogP contribution in [0.2, 0.25) is 0 Å². The van der Waals surface area contributed by atoms with E-state index in [2.05, 4.69) is 27.3 Å². The summed E-state index contributed by atoms with van der Waals surface area (Å²) in [6.07, 6.45) is 7.16. The molecule has 0 aromatic carbocycles. The number of hydrogen-bond acceptors (Lipinski definition) is 5. The normalized spacial score (nSPS) is 28.9. The Hall–Kier alpha value is -0.940. The molecular weight excluding hydrogens is 240 g/mol. The molecule has 0 radical (unpaired) electrons. The Morgan fingerprint density at radius 2 is 2.26 bits per heavy atom. The molecule has 1 aromatic rings. The smallest absolute Gasteiger partial charge is 0.228 e. The third-order valence-electron chi connectivity index (χ3n) is 4.42. The molecule has 2 fully saturated rings. The van der Waals surface area contributed by atoms with Crippen LogP contribution < -0.4 is 5.32 Å². The molecule has 2 atom stereocenters. The Labute approximate surface area is 114 Å². The highest BCUT2D eigenvalue weighted by Crippen LogP contribution is 2.23. The average Bonchev–Trinajstić information content (AvgIpc) is 3.09. The lowest BCUT2D eigenvalue weighted by atomic mass is 9.99. The van der Waals surface area contributed by atoms with Crippen LogP contribution in [0.1, 0.15) is 56.8 Å². The van der Waals surface area contributed by atoms with E-state index in [1.807, 2.05) is 0 Å². The van der Waals surface area contributed by atoms with Crippen molar-refractivity contribution in [3.8, 4) is 0 Å². The lowest BCUT2D eigenvalue weighted by Crippen LogP contribution is -2.40. The van der Waals surface area contributed by atoms with Crippen molar-refractivity contribution in [2.75, 3.05) is 19.6 Å². The van der Waals surface area contributed by atoms with Gasteiger partial charge in [-0.15, -0.1) is 0 Å². The molecule has 0 amide bonds. The summed E-state index contributed by atoms with van der Waals surface area (Å²) in [6.45, 7) is 5.64. The molecule has 3 heterocycles. The second-order valence-corrected chi connectivity index (χ2v) is 5.68. The highest BCUT2D eigenvalue weighted by molar-refractivity contribution is 4.98. The van der Waals surface area contributed by atoms with Gasteiger partial charge in [0.1, 0.15) is 0 Å². The summed E-state index contributed by atoms with van der Waals surface area (Å²) in [4.78, 5) is 7.13. The van der Waals surface area contributed by atoms with Crippen LogP contribution in [-0.2, 0) is 6.42 Å². The summed E-state index contributed by atoms with van der Waals surface area (Å²) in [5.41, 5.74) is 0. The number of likely N-dealkylation sites (tertiary alicyclic amines) is 1. The Balaban J connectivity index is 1.62. The standard InChI is InChI=1S/C14H24N4O/c1-2-18-9-4-3-6-11(18)10-13-16-14(17-19-13)12-7-5-8-15-12/h11-12,15H,2-10H2,1H3. The van der Waals surface area contributed by atoms with E-state index in [-0.39, 0.29) is 0 Å². The van der Waals surface area contributed by atoms with E-state index in [1.54, 1.807) is 0 Å². The molecule has 1 aromatic heterocycles. The van der Waals surface area contributed by atoms with Crippen molar-refractivity contribution < 1.29 is 4.52 Å². The van der Waals surface area contributed by atoms with Gasteiger partial charge in [0.25, 0.3) is 0 Å². The fraction of sp³-hybridized carbons (Fsp3) is 0.857. The molecule has 19 heavy (non-hydrogen) atoms. The topological polar surface area (TPSA) is 54.2 Å². The molecule has 2 saturated heterocycles. The number of aromatic nitrogens is 2. The van der Waals surface area contributed by atoms with Crippen LogP contribution in [0.25, 0.3) is 0 Å². The summed E-state index contributed by atoms with van der Waals surface area (Å²) < 4.78 is 5.44. The Morgan fingerprint density at radius 3 is 3.05 bits per heavy atom. The maximum Gasteiger partial charge on any atom is 0.228 e. The molecule has 5 heteroatoms. The zero-order valence-corrected chi connectivity index (χ0v) is 11.8. The first-order valence-electron chi connectivity index (χ1n) is 7.66. The van der Waals surface area contributed by atoms with E-state index in [9.17, 15) is 0 Å². The van der Waals surface area contributed by atoms with Gasteiger partial charge in [0, 0.05) is 12.5 Å². The molecule has 1 N–H and O–H groups in total. The zero-order chi connectivity index (χ0) is 13.1. The average molecular weight is 264 g/mol. The van der Waals surface area contributed by atoms with Crippen molar-refractivity contribution >= 4 is 0 Å². The fourth-order valence-corrected chi connectivity index (χ4v) is 3.31. The van der Waals surface area contributed by atoms with Crippen molar-refractivity contribution in [3.63, 3.8) is 0 Å². The van der Waals surface area contributed by atoms with Crippen LogP contribution in [0.15, 0.2) is 4.52 Å². The third-order valence-corrected chi connectivity index (χ3v) is 4.42. The van der Waals surface area contributed by atoms with Gasteiger partial charge in [0.2, 0.25) is 5.89 Å². The molecule has 2 aliphatic heterocycles. The highest BCUT2D eigenvalue weighted by atomic mass is 16.5. The molecule has 0 saturated carbocycles. The summed E-state index contributed by atoms with van der Waals surface area (Å²) in [6, 6.07) is 0.898. The number of likely N-dealkylation sites (N-methyl/N-ethyl adjacent to an activating group) is 1. The summed E-state index contributed by atoms with van der Waals surface area (Å²) in [7, 11) is 0. The highest BCUT2D eigenvalue weighted by Gasteiger charge is 2.25. The van der Waals surface area contributed by atoms with Crippen LogP contribution in [0, 0.1) is 0 Å². The van der Waals surface area contributed by atoms with Gasteiger partial charge in [-0.3, -0.25) is 0 Å². The van der Waals surface area contributed by atoms with Gasteiger partial charge in [-0.2, -0.15) is 4.98 Å². The van der Waals surface area contributed by atoms with Crippen LogP contribution in [-0.4, -0.2) is 40.7 Å².